The van der Waals surface area contributed by atoms with Gasteiger partial charge in [-0.05, 0) is 58.9 Å². The van der Waals surface area contributed by atoms with Gasteiger partial charge in [-0.3, -0.25) is 24.8 Å². The van der Waals surface area contributed by atoms with E-state index < -0.39 is 53.4 Å². The molecule has 0 spiro atoms. The standard InChI is InChI=1S/C19H10Cl2N8O8S/c20-17-23-18(21)25-19(24-17)22-9-1-3-11-8(5-9)6-14(38(35,36)37)15(16(11)30)27-26-12-4-2-10(28(31)32)7-13(12)29(33)34/h1-7,30H,(H,35,36,37)(H,22,23,24,25). The molecule has 0 atom stereocenters. The molecule has 194 valence electrons. The highest BCUT2D eigenvalue weighted by Gasteiger charge is 2.24. The first-order valence-corrected chi connectivity index (χ1v) is 12.0. The van der Waals surface area contributed by atoms with Crippen LogP contribution in [0.1, 0.15) is 0 Å². The smallest absolute Gasteiger partial charge is 0.303 e. The molecule has 0 radical (unpaired) electrons. The van der Waals surface area contributed by atoms with E-state index in [1.54, 1.807) is 0 Å². The Morgan fingerprint density at radius 2 is 1.61 bits per heavy atom. The third-order valence-electron chi connectivity index (χ3n) is 4.79. The lowest BCUT2D eigenvalue weighted by Crippen LogP contribution is -2.01. The van der Waals surface area contributed by atoms with Gasteiger partial charge in [0.25, 0.3) is 15.8 Å². The Morgan fingerprint density at radius 3 is 2.21 bits per heavy atom. The van der Waals surface area contributed by atoms with E-state index in [0.717, 1.165) is 18.2 Å². The summed E-state index contributed by atoms with van der Waals surface area (Å²) in [5, 5.41) is 42.8. The molecule has 0 unspecified atom stereocenters. The van der Waals surface area contributed by atoms with Crippen molar-refractivity contribution < 1.29 is 27.9 Å². The number of hydrogen-bond donors (Lipinski definition) is 3. The zero-order valence-electron chi connectivity index (χ0n) is 18.2. The molecule has 4 rings (SSSR count). The van der Waals surface area contributed by atoms with Gasteiger partial charge in [0.1, 0.15) is 10.6 Å². The number of halogens is 2. The number of nitrogens with zero attached hydrogens (tertiary/aromatic N) is 7. The third-order valence-corrected chi connectivity index (χ3v) is 6.00. The maximum absolute atomic E-state index is 12.1. The van der Waals surface area contributed by atoms with E-state index in [1.165, 1.54) is 18.2 Å². The molecule has 0 aliphatic carbocycles. The fourth-order valence-corrected chi connectivity index (χ4v) is 4.21. The molecule has 1 heterocycles. The van der Waals surface area contributed by atoms with E-state index in [9.17, 15) is 38.3 Å². The molecule has 38 heavy (non-hydrogen) atoms. The lowest BCUT2D eigenvalue weighted by Gasteiger charge is -2.11. The van der Waals surface area contributed by atoms with Gasteiger partial charge >= 0.3 is 5.69 Å². The fraction of sp³-hybridized carbons (Fsp3) is 0. The Bertz CT molecular complexity index is 1760. The number of anilines is 2. The number of aromatic nitrogens is 3. The molecule has 0 fully saturated rings. The maximum atomic E-state index is 12.1. The van der Waals surface area contributed by atoms with Crippen molar-refractivity contribution in [3.63, 3.8) is 0 Å². The minimum absolute atomic E-state index is 0.0383. The summed E-state index contributed by atoms with van der Waals surface area (Å²) in [7, 11) is -5.00. The van der Waals surface area contributed by atoms with Gasteiger partial charge in [0.15, 0.2) is 11.4 Å². The molecule has 1 aromatic heterocycles. The summed E-state index contributed by atoms with van der Waals surface area (Å²) in [5.41, 5.74) is -2.30. The highest BCUT2D eigenvalue weighted by Crippen LogP contribution is 2.43. The van der Waals surface area contributed by atoms with Gasteiger partial charge < -0.3 is 10.4 Å². The Kier molecular flexibility index (Phi) is 7.01. The number of fused-ring (bicyclic) bond motifs is 1. The lowest BCUT2D eigenvalue weighted by molar-refractivity contribution is -0.393. The highest BCUT2D eigenvalue weighted by atomic mass is 35.5. The van der Waals surface area contributed by atoms with Crippen molar-refractivity contribution in [3.8, 4) is 5.75 Å². The second kappa shape index (κ2) is 10.1. The van der Waals surface area contributed by atoms with E-state index in [0.29, 0.717) is 11.8 Å². The SMILES string of the molecule is O=[N+]([O-])c1ccc(N=Nc2c(S(=O)(=O)O)cc3cc(Nc4nc(Cl)nc(Cl)n4)ccc3c2O)c([N+](=O)[O-])c1. The number of nitrogens with one attached hydrogen (secondary N) is 1. The van der Waals surface area contributed by atoms with E-state index in [2.05, 4.69) is 30.5 Å². The molecule has 3 N–H and O–H groups in total. The Hall–Kier alpha value is -4.58. The van der Waals surface area contributed by atoms with Crippen LogP contribution in [0.25, 0.3) is 10.8 Å². The lowest BCUT2D eigenvalue weighted by atomic mass is 10.1. The average Bonchev–Trinajstić information content (AvgIpc) is 2.81. The first-order chi connectivity index (χ1) is 17.8. The monoisotopic (exact) mass is 580 g/mol. The normalized spacial score (nSPS) is 11.7. The van der Waals surface area contributed by atoms with E-state index in [4.69, 9.17) is 23.2 Å². The number of benzene rings is 3. The molecule has 0 aliphatic rings. The number of non-ortho nitro benzene ring substituents is 1. The van der Waals surface area contributed by atoms with E-state index in [1.807, 2.05) is 0 Å². The van der Waals surface area contributed by atoms with Gasteiger partial charge in [0.05, 0.1) is 15.9 Å². The summed E-state index contributed by atoms with van der Waals surface area (Å²) in [6.07, 6.45) is 0. The Morgan fingerprint density at radius 1 is 0.921 bits per heavy atom. The van der Waals surface area contributed by atoms with Crippen molar-refractivity contribution in [2.45, 2.75) is 4.90 Å². The summed E-state index contributed by atoms with van der Waals surface area (Å²) in [6.45, 7) is 0. The van der Waals surface area contributed by atoms with Gasteiger partial charge in [-0.2, -0.15) is 23.4 Å². The summed E-state index contributed by atoms with van der Waals surface area (Å²) in [6, 6.07) is 7.63. The number of aromatic hydroxyl groups is 1. The number of rotatable bonds is 7. The third kappa shape index (κ3) is 5.54. The number of hydrogen-bond acceptors (Lipinski definition) is 13. The van der Waals surface area contributed by atoms with E-state index >= 15 is 0 Å². The number of phenols is 1. The summed E-state index contributed by atoms with van der Waals surface area (Å²) in [4.78, 5) is 30.9. The predicted molar refractivity (Wildman–Crippen MR) is 132 cm³/mol. The quantitative estimate of drug-likeness (QED) is 0.110. The van der Waals surface area contributed by atoms with Crippen LogP contribution < -0.4 is 5.32 Å². The summed E-state index contributed by atoms with van der Waals surface area (Å²) >= 11 is 11.5. The summed E-state index contributed by atoms with van der Waals surface area (Å²) in [5.74, 6) is -0.773. The molecule has 0 aliphatic heterocycles. The fourth-order valence-electron chi connectivity index (χ4n) is 3.19. The minimum Gasteiger partial charge on any atom is -0.505 e. The second-order valence-corrected chi connectivity index (χ2v) is 9.26. The van der Waals surface area contributed by atoms with Gasteiger partial charge in [-0.15, -0.1) is 10.2 Å². The topological polar surface area (TPSA) is 236 Å². The van der Waals surface area contributed by atoms with Gasteiger partial charge in [0, 0.05) is 17.1 Å². The maximum Gasteiger partial charge on any atom is 0.303 e. The molecule has 0 saturated carbocycles. The molecule has 4 aromatic rings. The molecule has 3 aromatic carbocycles. The first-order valence-electron chi connectivity index (χ1n) is 9.79. The van der Waals surface area contributed by atoms with E-state index in [-0.39, 0.29) is 27.3 Å². The Balaban J connectivity index is 1.82. The minimum atomic E-state index is -5.00. The molecule has 0 saturated heterocycles. The van der Waals surface area contributed by atoms with Crippen LogP contribution in [0.3, 0.4) is 0 Å². The van der Waals surface area contributed by atoms with Crippen LogP contribution in [-0.4, -0.2) is 42.9 Å². The van der Waals surface area contributed by atoms with Crippen molar-refractivity contribution in [1.82, 2.24) is 15.0 Å². The van der Waals surface area contributed by atoms with Crippen molar-refractivity contribution in [2.24, 2.45) is 10.2 Å². The van der Waals surface area contributed by atoms with Crippen molar-refractivity contribution in [1.29, 1.82) is 0 Å². The first kappa shape index (κ1) is 26.5. The van der Waals surface area contributed by atoms with Gasteiger partial charge in [0.2, 0.25) is 16.5 Å². The van der Waals surface area contributed by atoms with Crippen LogP contribution in [0.15, 0.2) is 57.6 Å². The van der Waals surface area contributed by atoms with Crippen LogP contribution in [-0.2, 0) is 10.1 Å². The van der Waals surface area contributed by atoms with Crippen molar-refractivity contribution >= 4 is 78.5 Å². The van der Waals surface area contributed by atoms with Crippen LogP contribution in [0, 0.1) is 20.2 Å². The zero-order chi connectivity index (χ0) is 27.8. The second-order valence-electron chi connectivity index (χ2n) is 7.19. The number of phenolic OH excluding ortho intramolecular Hbond substituents is 1. The predicted octanol–water partition coefficient (Wildman–Crippen LogP) is 5.26. The Labute approximate surface area is 220 Å². The zero-order valence-corrected chi connectivity index (χ0v) is 20.5. The molecule has 0 amide bonds. The highest BCUT2D eigenvalue weighted by molar-refractivity contribution is 7.86. The number of nitro benzene ring substituents is 2. The molecule has 16 nitrogen and oxygen atoms in total. The number of azo groups is 1. The van der Waals surface area contributed by atoms with Crippen LogP contribution >= 0.6 is 23.2 Å². The molecular formula is C19H10Cl2N8O8S. The molecular weight excluding hydrogens is 571 g/mol. The van der Waals surface area contributed by atoms with Crippen LogP contribution in [0.4, 0.5) is 34.4 Å². The average molecular weight is 581 g/mol. The van der Waals surface area contributed by atoms with Crippen LogP contribution in [0.2, 0.25) is 10.6 Å². The summed E-state index contributed by atoms with van der Waals surface area (Å²) < 4.78 is 33.9. The molecule has 19 heteroatoms. The van der Waals surface area contributed by atoms with Crippen molar-refractivity contribution in [3.05, 3.63) is 73.3 Å². The van der Waals surface area contributed by atoms with Crippen LogP contribution in [0.5, 0.6) is 5.75 Å². The molecule has 0 bridgehead atoms. The number of nitro groups is 2. The largest absolute Gasteiger partial charge is 0.505 e. The van der Waals surface area contributed by atoms with Gasteiger partial charge in [-0.1, -0.05) is 0 Å². The van der Waals surface area contributed by atoms with Crippen molar-refractivity contribution in [2.75, 3.05) is 5.32 Å². The van der Waals surface area contributed by atoms with Gasteiger partial charge in [-0.25, -0.2) is 0 Å².